The average molecular weight is 317 g/mol. The van der Waals surface area contributed by atoms with Gasteiger partial charge < -0.3 is 14.6 Å². The topological polar surface area (TPSA) is 79.6 Å². The van der Waals surface area contributed by atoms with Crippen LogP contribution in [0.1, 0.15) is 25.0 Å². The molecule has 0 amide bonds. The zero-order chi connectivity index (χ0) is 16.0. The highest BCUT2D eigenvalue weighted by atomic mass is 32.2. The number of thioether (sulfide) groups is 1. The number of ether oxygens (including phenoxy) is 2. The van der Waals surface area contributed by atoms with E-state index in [9.17, 15) is 9.90 Å². The Labute approximate surface area is 132 Å². The van der Waals surface area contributed by atoms with Crippen molar-refractivity contribution in [3.63, 3.8) is 0 Å². The third kappa shape index (κ3) is 2.47. The minimum atomic E-state index is -1.61. The van der Waals surface area contributed by atoms with Crippen molar-refractivity contribution < 1.29 is 19.4 Å². The van der Waals surface area contributed by atoms with Crippen LogP contribution in [0.15, 0.2) is 30.0 Å². The summed E-state index contributed by atoms with van der Waals surface area (Å²) < 4.78 is 11.6. The Morgan fingerprint density at radius 3 is 2.86 bits per heavy atom. The van der Waals surface area contributed by atoms with Crippen LogP contribution in [0.5, 0.6) is 5.75 Å². The number of nitriles is 1. The summed E-state index contributed by atoms with van der Waals surface area (Å²) in [6.07, 6.45) is 1.57. The normalized spacial score (nSPS) is 25.7. The fourth-order valence-corrected chi connectivity index (χ4v) is 3.15. The molecule has 0 saturated heterocycles. The van der Waals surface area contributed by atoms with Crippen LogP contribution in [0.2, 0.25) is 0 Å². The molecule has 0 aliphatic carbocycles. The van der Waals surface area contributed by atoms with Crippen LogP contribution >= 0.6 is 11.8 Å². The molecule has 5 nitrogen and oxygen atoms in total. The molecule has 0 fully saturated rings. The summed E-state index contributed by atoms with van der Waals surface area (Å²) in [5.74, 6) is -0.134. The van der Waals surface area contributed by atoms with Gasteiger partial charge in [0.2, 0.25) is 5.12 Å². The molecule has 3 rings (SSSR count). The van der Waals surface area contributed by atoms with Crippen LogP contribution in [-0.2, 0) is 16.0 Å². The van der Waals surface area contributed by atoms with Crippen LogP contribution in [0.25, 0.3) is 0 Å². The first kappa shape index (κ1) is 14.9. The number of hydrogen-bond donors (Lipinski definition) is 1. The minimum absolute atomic E-state index is 0.0831. The van der Waals surface area contributed by atoms with Crippen molar-refractivity contribution in [1.82, 2.24) is 0 Å². The number of carbonyl (C=O) groups excluding carboxylic acids is 1. The van der Waals surface area contributed by atoms with Crippen LogP contribution in [-0.4, -0.2) is 27.4 Å². The fourth-order valence-electron chi connectivity index (χ4n) is 2.50. The molecule has 1 aromatic carbocycles. The first-order chi connectivity index (χ1) is 10.3. The lowest BCUT2D eigenvalue weighted by Gasteiger charge is -2.46. The number of benzene rings is 1. The van der Waals surface area contributed by atoms with E-state index < -0.39 is 11.4 Å². The lowest BCUT2D eigenvalue weighted by molar-refractivity contribution is -0.268. The predicted molar refractivity (Wildman–Crippen MR) is 81.2 cm³/mol. The second-order valence-corrected chi connectivity index (χ2v) is 6.81. The second-order valence-electron chi connectivity index (χ2n) is 5.83. The van der Waals surface area contributed by atoms with Gasteiger partial charge in [-0.05, 0) is 32.0 Å². The molecular formula is C16H15NO4S. The van der Waals surface area contributed by atoms with Crippen LogP contribution in [0.3, 0.4) is 0 Å². The Morgan fingerprint density at radius 1 is 1.45 bits per heavy atom. The van der Waals surface area contributed by atoms with Gasteiger partial charge in [0.15, 0.2) is 5.60 Å². The standard InChI is InChI=1S/C16H15NO4S/c1-15(2)16(19,20-12-6-14(18)22-9-12)7-11-5-10(8-17)3-4-13(11)21-15/h3-6,19H,7,9H2,1-2H3. The molecule has 0 spiro atoms. The van der Waals surface area contributed by atoms with Gasteiger partial charge in [-0.15, -0.1) is 0 Å². The Morgan fingerprint density at radius 2 is 2.23 bits per heavy atom. The summed E-state index contributed by atoms with van der Waals surface area (Å²) >= 11 is 1.13. The van der Waals surface area contributed by atoms with Crippen LogP contribution in [0, 0.1) is 11.3 Å². The van der Waals surface area contributed by atoms with Crippen molar-refractivity contribution >= 4 is 16.9 Å². The maximum atomic E-state index is 11.3. The maximum Gasteiger partial charge on any atom is 0.251 e. The van der Waals surface area contributed by atoms with E-state index in [0.717, 1.165) is 11.8 Å². The van der Waals surface area contributed by atoms with Gasteiger partial charge in [0.1, 0.15) is 11.5 Å². The molecule has 0 radical (unpaired) electrons. The molecule has 1 unspecified atom stereocenters. The molecule has 1 N–H and O–H groups in total. The zero-order valence-corrected chi connectivity index (χ0v) is 13.1. The van der Waals surface area contributed by atoms with E-state index in [0.29, 0.717) is 28.4 Å². The van der Waals surface area contributed by atoms with Crippen molar-refractivity contribution in [2.75, 3.05) is 5.75 Å². The van der Waals surface area contributed by atoms with Gasteiger partial charge in [0, 0.05) is 18.1 Å². The highest BCUT2D eigenvalue weighted by Crippen LogP contribution is 2.42. The second kappa shape index (κ2) is 5.04. The molecule has 2 aliphatic heterocycles. The Bertz CT molecular complexity index is 719. The molecule has 22 heavy (non-hydrogen) atoms. The van der Waals surface area contributed by atoms with Crippen LogP contribution < -0.4 is 4.74 Å². The van der Waals surface area contributed by atoms with Crippen molar-refractivity contribution in [3.05, 3.63) is 41.2 Å². The van der Waals surface area contributed by atoms with Gasteiger partial charge in [-0.25, -0.2) is 0 Å². The molecule has 2 heterocycles. The van der Waals surface area contributed by atoms with E-state index in [2.05, 4.69) is 6.07 Å². The molecular weight excluding hydrogens is 302 g/mol. The summed E-state index contributed by atoms with van der Waals surface area (Å²) in [6, 6.07) is 7.15. The van der Waals surface area contributed by atoms with Gasteiger partial charge in [-0.1, -0.05) is 11.8 Å². The maximum absolute atomic E-state index is 11.3. The molecule has 0 saturated carbocycles. The van der Waals surface area contributed by atoms with Crippen molar-refractivity contribution in [3.8, 4) is 11.8 Å². The molecule has 1 atom stereocenters. The Hall–Kier alpha value is -1.97. The van der Waals surface area contributed by atoms with E-state index in [4.69, 9.17) is 14.7 Å². The summed E-state index contributed by atoms with van der Waals surface area (Å²) in [5.41, 5.74) is 0.208. The molecule has 0 bridgehead atoms. The first-order valence-corrected chi connectivity index (χ1v) is 7.82. The molecule has 6 heteroatoms. The molecule has 1 aromatic rings. The van der Waals surface area contributed by atoms with E-state index in [1.807, 2.05) is 0 Å². The Kier molecular flexibility index (Phi) is 3.42. The average Bonchev–Trinajstić information content (AvgIpc) is 2.84. The summed E-state index contributed by atoms with van der Waals surface area (Å²) in [6.45, 7) is 3.47. The van der Waals surface area contributed by atoms with E-state index in [1.54, 1.807) is 32.0 Å². The minimum Gasteiger partial charge on any atom is -0.481 e. The lowest BCUT2D eigenvalue weighted by atomic mass is 9.86. The van der Waals surface area contributed by atoms with E-state index in [1.165, 1.54) is 6.08 Å². The molecule has 0 aromatic heterocycles. The van der Waals surface area contributed by atoms with Gasteiger partial charge in [0.05, 0.1) is 17.4 Å². The van der Waals surface area contributed by atoms with Crippen molar-refractivity contribution in [1.29, 1.82) is 5.26 Å². The zero-order valence-electron chi connectivity index (χ0n) is 12.3. The quantitative estimate of drug-likeness (QED) is 0.842. The molecule has 114 valence electrons. The number of rotatable bonds is 2. The number of nitrogens with zero attached hydrogens (tertiary/aromatic N) is 1. The van der Waals surface area contributed by atoms with Crippen molar-refractivity contribution in [2.24, 2.45) is 0 Å². The summed E-state index contributed by atoms with van der Waals surface area (Å²) in [7, 11) is 0. The fraction of sp³-hybridized carbons (Fsp3) is 0.375. The van der Waals surface area contributed by atoms with Crippen LogP contribution in [0.4, 0.5) is 0 Å². The highest BCUT2D eigenvalue weighted by Gasteiger charge is 2.52. The SMILES string of the molecule is CC1(C)Oc2ccc(C#N)cc2CC1(O)OC1=CC(=O)SC1. The smallest absolute Gasteiger partial charge is 0.251 e. The van der Waals surface area contributed by atoms with Gasteiger partial charge >= 0.3 is 0 Å². The lowest BCUT2D eigenvalue weighted by Crippen LogP contribution is -2.59. The van der Waals surface area contributed by atoms with E-state index in [-0.39, 0.29) is 11.5 Å². The number of carbonyl (C=O) groups is 1. The number of hydrogen-bond acceptors (Lipinski definition) is 6. The number of fused-ring (bicyclic) bond motifs is 1. The van der Waals surface area contributed by atoms with Gasteiger partial charge in [-0.3, -0.25) is 4.79 Å². The van der Waals surface area contributed by atoms with E-state index >= 15 is 0 Å². The number of aliphatic hydroxyl groups is 1. The monoisotopic (exact) mass is 317 g/mol. The third-order valence-corrected chi connectivity index (χ3v) is 4.69. The van der Waals surface area contributed by atoms with Crippen molar-refractivity contribution in [2.45, 2.75) is 31.7 Å². The summed E-state index contributed by atoms with van der Waals surface area (Å²) in [5, 5.41) is 19.9. The molecule has 2 aliphatic rings. The van der Waals surface area contributed by atoms with Gasteiger partial charge in [-0.2, -0.15) is 5.26 Å². The Balaban J connectivity index is 1.95. The highest BCUT2D eigenvalue weighted by molar-refractivity contribution is 8.14. The van der Waals surface area contributed by atoms with Gasteiger partial charge in [0.25, 0.3) is 5.79 Å². The third-order valence-electron chi connectivity index (χ3n) is 3.86. The predicted octanol–water partition coefficient (Wildman–Crippen LogP) is 2.13. The summed E-state index contributed by atoms with van der Waals surface area (Å²) in [4.78, 5) is 11.3. The largest absolute Gasteiger partial charge is 0.481 e. The first-order valence-electron chi connectivity index (χ1n) is 6.84.